The molecule has 1 unspecified atom stereocenters. The van der Waals surface area contributed by atoms with Gasteiger partial charge in [0.05, 0.1) is 32.5 Å². The minimum absolute atomic E-state index is 0. The van der Waals surface area contributed by atoms with E-state index in [1.807, 2.05) is 81.1 Å². The number of hydrogen-bond acceptors (Lipinski definition) is 11. The number of likely N-dealkylation sites (tertiary alicyclic amines) is 2. The number of methoxy groups -OCH3 is 2. The van der Waals surface area contributed by atoms with Crippen LogP contribution in [0.3, 0.4) is 0 Å². The molecular weight excluding hydrogens is 826 g/mol. The third-order valence-corrected chi connectivity index (χ3v) is 11.7. The van der Waals surface area contributed by atoms with E-state index in [0.29, 0.717) is 98.8 Å². The molecule has 2 amide bonds. The van der Waals surface area contributed by atoms with Crippen LogP contribution in [0.2, 0.25) is 0 Å². The van der Waals surface area contributed by atoms with Crippen LogP contribution >= 0.6 is 0 Å². The van der Waals surface area contributed by atoms with Crippen LogP contribution in [-0.2, 0) is 17.6 Å². The number of aliphatic hydroxyl groups is 2. The molecule has 15 heteroatoms. The fraction of sp³-hybridized carbons (Fsp3) is 0.449. The first-order valence-corrected chi connectivity index (χ1v) is 21.3. The third-order valence-electron chi connectivity index (χ3n) is 11.7. The Bertz CT molecular complexity index is 2210. The van der Waals surface area contributed by atoms with E-state index in [9.17, 15) is 19.5 Å². The zero-order valence-electron chi connectivity index (χ0n) is 39.4. The van der Waals surface area contributed by atoms with Gasteiger partial charge in [-0.15, -0.1) is 0 Å². The van der Waals surface area contributed by atoms with Gasteiger partial charge < -0.3 is 49.9 Å². The minimum atomic E-state index is -0.822. The van der Waals surface area contributed by atoms with E-state index in [2.05, 4.69) is 0 Å². The maximum atomic E-state index is 13.1. The molecular formula is C49H61BN2NaO11. The Balaban J connectivity index is 0.000000319. The molecule has 337 valence electrons. The van der Waals surface area contributed by atoms with Crippen LogP contribution in [-0.4, -0.2) is 123 Å². The number of rotatable bonds is 8. The summed E-state index contributed by atoms with van der Waals surface area (Å²) in [5.41, 5.74) is 1.62. The summed E-state index contributed by atoms with van der Waals surface area (Å²) in [5, 5.41) is 17.8. The van der Waals surface area contributed by atoms with Gasteiger partial charge in [0.15, 0.2) is 34.4 Å². The minimum Gasteiger partial charge on any atom is -1.00 e. The normalized spacial score (nSPS) is 17.6. The zero-order valence-corrected chi connectivity index (χ0v) is 40.4. The molecule has 4 aromatic rings. The summed E-state index contributed by atoms with van der Waals surface area (Å²) in [4.78, 5) is 42.6. The summed E-state index contributed by atoms with van der Waals surface area (Å²) < 4.78 is 34.7. The first-order chi connectivity index (χ1) is 29.8. The van der Waals surface area contributed by atoms with Gasteiger partial charge in [-0.25, -0.2) is 0 Å². The second-order valence-electron chi connectivity index (χ2n) is 16.4. The molecule has 2 fully saturated rings. The molecule has 1 atom stereocenters. The standard InChI is InChI=1S/C24H29NO5.C24H27NO5.CH4O.B.Na.H/c2*1-16(2)29-20-9-8-18(14-21(20)28-3)23(27)25-12-10-24(11-13-25)22(26)15-17-6-4-5-7-19(17)30-24;1-2;;;/h4-9,14,16,22,26H,10-13,15H2,1-3H3;4-9,14,16H,10-13,15H2,1-3H3;2H,1H3;;;/q;;;;+1;-1. The van der Waals surface area contributed by atoms with E-state index in [1.54, 1.807) is 55.5 Å². The van der Waals surface area contributed by atoms with Gasteiger partial charge >= 0.3 is 29.6 Å². The number of piperidine rings is 2. The molecule has 4 aromatic carbocycles. The molecule has 3 radical (unpaired) electrons. The first kappa shape index (κ1) is 51.9. The number of amides is 2. The number of carbonyl (C=O) groups excluding carboxylic acids is 3. The number of benzene rings is 4. The number of fused-ring (bicyclic) bond motifs is 2. The van der Waals surface area contributed by atoms with E-state index < -0.39 is 17.3 Å². The molecule has 2 saturated heterocycles. The monoisotopic (exact) mass is 887 g/mol. The molecule has 4 aliphatic heterocycles. The summed E-state index contributed by atoms with van der Waals surface area (Å²) in [6, 6.07) is 26.0. The molecule has 8 rings (SSSR count). The molecule has 64 heavy (non-hydrogen) atoms. The van der Waals surface area contributed by atoms with Crippen molar-refractivity contribution in [1.29, 1.82) is 0 Å². The number of ether oxygens (including phenoxy) is 6. The summed E-state index contributed by atoms with van der Waals surface area (Å²) in [5.74, 6) is 3.91. The topological polar surface area (TPSA) is 154 Å². The number of aliphatic hydroxyl groups excluding tert-OH is 2. The Kier molecular flexibility index (Phi) is 18.6. The van der Waals surface area contributed by atoms with Crippen molar-refractivity contribution < 1.29 is 84.0 Å². The maximum Gasteiger partial charge on any atom is 1.00 e. The first-order valence-electron chi connectivity index (χ1n) is 21.3. The van der Waals surface area contributed by atoms with Crippen molar-refractivity contribution >= 4 is 26.0 Å². The van der Waals surface area contributed by atoms with Gasteiger partial charge in [-0.1, -0.05) is 36.4 Å². The van der Waals surface area contributed by atoms with E-state index in [-0.39, 0.29) is 69.2 Å². The van der Waals surface area contributed by atoms with Gasteiger partial charge in [-0.05, 0) is 81.8 Å². The molecule has 4 aliphatic rings. The van der Waals surface area contributed by atoms with Crippen LogP contribution in [0.25, 0.3) is 0 Å². The SMILES string of the molecule is CO.COc1cc(C(=O)N2CCC3(CC2)Oc2ccccc2CC3=O)ccc1OC(C)C.COc1cc(C(=O)N2CCC3(CC2)Oc2ccccc2CC3O)ccc1OC(C)C.[B].[H-].[Na+]. The molecule has 0 saturated carbocycles. The van der Waals surface area contributed by atoms with Crippen molar-refractivity contribution in [1.82, 2.24) is 9.80 Å². The van der Waals surface area contributed by atoms with Gasteiger partial charge in [0, 0.05) is 96.9 Å². The van der Waals surface area contributed by atoms with Crippen molar-refractivity contribution in [2.45, 2.75) is 95.7 Å². The second kappa shape index (κ2) is 22.9. The Morgan fingerprint density at radius 1 is 0.672 bits per heavy atom. The molecule has 2 N–H and O–H groups in total. The average Bonchev–Trinajstić information content (AvgIpc) is 3.28. The summed E-state index contributed by atoms with van der Waals surface area (Å²) in [6.07, 6.45) is 2.62. The number of ketones is 1. The summed E-state index contributed by atoms with van der Waals surface area (Å²) in [6.45, 7) is 9.78. The summed E-state index contributed by atoms with van der Waals surface area (Å²) in [7, 11) is 4.13. The maximum absolute atomic E-state index is 13.1. The molecule has 4 heterocycles. The van der Waals surface area contributed by atoms with Gasteiger partial charge in [0.25, 0.3) is 11.8 Å². The van der Waals surface area contributed by atoms with Gasteiger partial charge in [0.2, 0.25) is 0 Å². The van der Waals surface area contributed by atoms with Crippen molar-refractivity contribution in [2.75, 3.05) is 47.5 Å². The Morgan fingerprint density at radius 2 is 1.11 bits per heavy atom. The zero-order chi connectivity index (χ0) is 44.6. The predicted octanol–water partition coefficient (Wildman–Crippen LogP) is 3.46. The van der Waals surface area contributed by atoms with Gasteiger partial charge in [-0.2, -0.15) is 0 Å². The summed E-state index contributed by atoms with van der Waals surface area (Å²) >= 11 is 0. The third kappa shape index (κ3) is 11.6. The number of Topliss-reactive ketones (excluding diaryl/α,β-unsaturated/α-hetero) is 1. The predicted molar refractivity (Wildman–Crippen MR) is 241 cm³/mol. The largest absolute Gasteiger partial charge is 1.00 e. The Hall–Kier alpha value is -4.73. The Morgan fingerprint density at radius 3 is 1.58 bits per heavy atom. The van der Waals surface area contributed by atoms with Crippen molar-refractivity contribution in [3.8, 4) is 34.5 Å². The van der Waals surface area contributed by atoms with Crippen molar-refractivity contribution in [3.05, 3.63) is 107 Å². The van der Waals surface area contributed by atoms with Crippen molar-refractivity contribution in [3.63, 3.8) is 0 Å². The van der Waals surface area contributed by atoms with Crippen LogP contribution in [0, 0.1) is 0 Å². The number of carbonyl (C=O) groups is 3. The van der Waals surface area contributed by atoms with Crippen molar-refractivity contribution in [2.24, 2.45) is 0 Å². The van der Waals surface area contributed by atoms with Crippen LogP contribution < -0.4 is 58.0 Å². The van der Waals surface area contributed by atoms with E-state index in [4.69, 9.17) is 33.5 Å². The van der Waals surface area contributed by atoms with E-state index >= 15 is 0 Å². The second-order valence-corrected chi connectivity index (χ2v) is 16.4. The number of nitrogens with zero attached hydrogens (tertiary/aromatic N) is 2. The fourth-order valence-electron chi connectivity index (χ4n) is 8.45. The van der Waals surface area contributed by atoms with E-state index in [1.165, 1.54) is 0 Å². The molecule has 2 spiro atoms. The van der Waals surface area contributed by atoms with Crippen LogP contribution in [0.1, 0.15) is 86.6 Å². The molecule has 13 nitrogen and oxygen atoms in total. The molecule has 0 aliphatic carbocycles. The Labute approximate surface area is 402 Å². The van der Waals surface area contributed by atoms with E-state index in [0.717, 1.165) is 29.7 Å². The molecule has 0 bridgehead atoms. The van der Waals surface area contributed by atoms with Gasteiger partial charge in [0.1, 0.15) is 17.1 Å². The van der Waals surface area contributed by atoms with Crippen LogP contribution in [0.4, 0.5) is 0 Å². The van der Waals surface area contributed by atoms with Crippen LogP contribution in [0.5, 0.6) is 34.5 Å². The average molecular weight is 888 g/mol. The smallest absolute Gasteiger partial charge is 1.00 e. The van der Waals surface area contributed by atoms with Gasteiger partial charge in [-0.3, -0.25) is 14.4 Å². The number of para-hydroxylation sites is 2. The molecule has 0 aromatic heterocycles. The van der Waals surface area contributed by atoms with Crippen LogP contribution in [0.15, 0.2) is 84.9 Å². The fourth-order valence-corrected chi connectivity index (χ4v) is 8.45. The number of hydrogen-bond donors (Lipinski definition) is 2. The quantitative estimate of drug-likeness (QED) is 0.251.